The Balaban J connectivity index is 1.97. The number of carbonyl (C=O) groups is 1. The highest BCUT2D eigenvalue weighted by Gasteiger charge is 2.15. The lowest BCUT2D eigenvalue weighted by Gasteiger charge is -2.12. The SMILES string of the molecule is COc1ccc([N+](=O)[O-])cc1NC(=O)NCNS(=O)(=O)c1ccc(C)cc1. The maximum absolute atomic E-state index is 12.1. The Bertz CT molecular complexity index is 944. The van der Waals surface area contributed by atoms with Crippen LogP contribution < -0.4 is 20.1 Å². The lowest BCUT2D eigenvalue weighted by atomic mass is 10.2. The molecule has 0 saturated heterocycles. The molecule has 0 unspecified atom stereocenters. The number of anilines is 1. The predicted molar refractivity (Wildman–Crippen MR) is 98.2 cm³/mol. The molecular formula is C16H18N4O6S. The van der Waals surface area contributed by atoms with Crippen molar-refractivity contribution in [2.24, 2.45) is 0 Å². The van der Waals surface area contributed by atoms with Gasteiger partial charge in [0, 0.05) is 12.1 Å². The normalized spacial score (nSPS) is 10.9. The van der Waals surface area contributed by atoms with Gasteiger partial charge in [-0.3, -0.25) is 10.1 Å². The van der Waals surface area contributed by atoms with Crippen molar-refractivity contribution in [2.45, 2.75) is 11.8 Å². The maximum Gasteiger partial charge on any atom is 0.320 e. The summed E-state index contributed by atoms with van der Waals surface area (Å²) in [6.07, 6.45) is 0. The third-order valence-electron chi connectivity index (χ3n) is 3.48. The van der Waals surface area contributed by atoms with Crippen LogP contribution in [0.3, 0.4) is 0 Å². The molecule has 0 aromatic heterocycles. The quantitative estimate of drug-likeness (QED) is 0.373. The van der Waals surface area contributed by atoms with E-state index in [-0.39, 0.29) is 28.7 Å². The van der Waals surface area contributed by atoms with Gasteiger partial charge in [-0.05, 0) is 25.1 Å². The molecule has 3 N–H and O–H groups in total. The summed E-state index contributed by atoms with van der Waals surface area (Å²) in [6.45, 7) is 1.46. The van der Waals surface area contributed by atoms with E-state index in [2.05, 4.69) is 15.4 Å². The molecule has 0 spiro atoms. The van der Waals surface area contributed by atoms with Crippen LogP contribution in [0.4, 0.5) is 16.2 Å². The van der Waals surface area contributed by atoms with E-state index in [4.69, 9.17) is 4.74 Å². The van der Waals surface area contributed by atoms with Gasteiger partial charge in [-0.15, -0.1) is 0 Å². The summed E-state index contributed by atoms with van der Waals surface area (Å²) in [6, 6.07) is 9.16. The summed E-state index contributed by atoms with van der Waals surface area (Å²) >= 11 is 0. The summed E-state index contributed by atoms with van der Waals surface area (Å²) in [5.74, 6) is 0.219. The van der Waals surface area contributed by atoms with Crippen LogP contribution in [0, 0.1) is 17.0 Å². The van der Waals surface area contributed by atoms with Crippen LogP contribution in [-0.2, 0) is 10.0 Å². The largest absolute Gasteiger partial charge is 0.495 e. The third-order valence-corrected chi connectivity index (χ3v) is 4.90. The number of carbonyl (C=O) groups excluding carboxylic acids is 1. The van der Waals surface area contributed by atoms with Gasteiger partial charge in [0.2, 0.25) is 10.0 Å². The number of nitrogens with zero attached hydrogens (tertiary/aromatic N) is 1. The van der Waals surface area contributed by atoms with Gasteiger partial charge in [0.25, 0.3) is 5.69 Å². The zero-order valence-electron chi connectivity index (χ0n) is 14.6. The van der Waals surface area contributed by atoms with E-state index in [0.717, 1.165) is 11.6 Å². The molecule has 11 heteroatoms. The van der Waals surface area contributed by atoms with Gasteiger partial charge < -0.3 is 15.4 Å². The van der Waals surface area contributed by atoms with E-state index in [1.807, 2.05) is 6.92 Å². The standard InChI is InChI=1S/C16H18N4O6S/c1-11-3-6-13(7-4-11)27(24,25)18-10-17-16(21)19-14-9-12(20(22)23)5-8-15(14)26-2/h3-9,18H,10H2,1-2H3,(H2,17,19,21). The molecule has 0 heterocycles. The highest BCUT2D eigenvalue weighted by molar-refractivity contribution is 7.89. The van der Waals surface area contributed by atoms with E-state index in [0.29, 0.717) is 0 Å². The van der Waals surface area contributed by atoms with E-state index >= 15 is 0 Å². The third kappa shape index (κ3) is 5.39. The molecule has 0 aliphatic heterocycles. The highest BCUT2D eigenvalue weighted by atomic mass is 32.2. The average molecular weight is 394 g/mol. The summed E-state index contributed by atoms with van der Waals surface area (Å²) in [4.78, 5) is 22.2. The van der Waals surface area contributed by atoms with Gasteiger partial charge in [-0.25, -0.2) is 13.2 Å². The fourth-order valence-electron chi connectivity index (χ4n) is 2.09. The Hall–Kier alpha value is -3.18. The molecule has 0 fully saturated rings. The molecule has 144 valence electrons. The Morgan fingerprint density at radius 2 is 1.85 bits per heavy atom. The van der Waals surface area contributed by atoms with E-state index in [9.17, 15) is 23.3 Å². The number of aryl methyl sites for hydroxylation is 1. The van der Waals surface area contributed by atoms with Gasteiger partial charge in [-0.2, -0.15) is 4.72 Å². The molecule has 0 aliphatic rings. The minimum Gasteiger partial charge on any atom is -0.495 e. The number of sulfonamides is 1. The summed E-state index contributed by atoms with van der Waals surface area (Å²) in [7, 11) is -2.44. The number of rotatable bonds is 7. The van der Waals surface area contributed by atoms with Crippen LogP contribution in [0.2, 0.25) is 0 Å². The molecule has 2 amide bonds. The number of hydrogen-bond donors (Lipinski definition) is 3. The molecular weight excluding hydrogens is 376 g/mol. The van der Waals surface area contributed by atoms with Crippen LogP contribution >= 0.6 is 0 Å². The van der Waals surface area contributed by atoms with Crippen molar-refractivity contribution >= 4 is 27.4 Å². The second-order valence-corrected chi connectivity index (χ2v) is 7.18. The first-order valence-electron chi connectivity index (χ1n) is 7.66. The zero-order chi connectivity index (χ0) is 20.0. The Labute approximate surface area is 155 Å². The molecule has 27 heavy (non-hydrogen) atoms. The molecule has 2 rings (SSSR count). The van der Waals surface area contributed by atoms with Gasteiger partial charge in [0.1, 0.15) is 5.75 Å². The van der Waals surface area contributed by atoms with Crippen LogP contribution in [0.25, 0.3) is 0 Å². The monoisotopic (exact) mass is 394 g/mol. The number of nitro benzene ring substituents is 1. The summed E-state index contributed by atoms with van der Waals surface area (Å²) in [5, 5.41) is 15.5. The van der Waals surface area contributed by atoms with Gasteiger partial charge >= 0.3 is 6.03 Å². The molecule has 0 saturated carbocycles. The lowest BCUT2D eigenvalue weighted by molar-refractivity contribution is -0.384. The van der Waals surface area contributed by atoms with Crippen LogP contribution in [0.15, 0.2) is 47.4 Å². The van der Waals surface area contributed by atoms with E-state index < -0.39 is 21.0 Å². The number of nitro groups is 1. The maximum atomic E-state index is 12.1. The summed E-state index contributed by atoms with van der Waals surface area (Å²) in [5.41, 5.74) is 0.758. The average Bonchev–Trinajstić information content (AvgIpc) is 2.61. The predicted octanol–water partition coefficient (Wildman–Crippen LogP) is 1.97. The molecule has 2 aromatic rings. The first kappa shape index (κ1) is 20.1. The van der Waals surface area contributed by atoms with Crippen LogP contribution in [0.1, 0.15) is 5.56 Å². The van der Waals surface area contributed by atoms with Crippen molar-refractivity contribution in [3.63, 3.8) is 0 Å². The molecule has 0 bridgehead atoms. The first-order chi connectivity index (χ1) is 12.7. The van der Waals surface area contributed by atoms with Crippen molar-refractivity contribution in [1.82, 2.24) is 10.0 Å². The van der Waals surface area contributed by atoms with Crippen molar-refractivity contribution in [3.05, 3.63) is 58.1 Å². The topological polar surface area (TPSA) is 140 Å². The van der Waals surface area contributed by atoms with E-state index in [1.165, 1.54) is 31.4 Å². The van der Waals surface area contributed by atoms with Gasteiger partial charge in [0.05, 0.1) is 29.3 Å². The number of ether oxygens (including phenoxy) is 1. The van der Waals surface area contributed by atoms with Gasteiger partial charge in [0.15, 0.2) is 0 Å². The molecule has 10 nitrogen and oxygen atoms in total. The van der Waals surface area contributed by atoms with Gasteiger partial charge in [-0.1, -0.05) is 17.7 Å². The van der Waals surface area contributed by atoms with Crippen molar-refractivity contribution in [3.8, 4) is 5.75 Å². The van der Waals surface area contributed by atoms with Crippen LogP contribution in [-0.4, -0.2) is 33.2 Å². The van der Waals surface area contributed by atoms with Crippen LogP contribution in [0.5, 0.6) is 5.75 Å². The zero-order valence-corrected chi connectivity index (χ0v) is 15.4. The minimum atomic E-state index is -3.78. The molecule has 0 aliphatic carbocycles. The number of nitrogens with one attached hydrogen (secondary N) is 3. The number of methoxy groups -OCH3 is 1. The Kier molecular flexibility index (Phi) is 6.32. The van der Waals surface area contributed by atoms with E-state index in [1.54, 1.807) is 12.1 Å². The molecule has 0 atom stereocenters. The fraction of sp³-hybridized carbons (Fsp3) is 0.188. The second kappa shape index (κ2) is 8.47. The Morgan fingerprint density at radius 3 is 2.44 bits per heavy atom. The summed E-state index contributed by atoms with van der Waals surface area (Å²) < 4.78 is 31.5. The highest BCUT2D eigenvalue weighted by Crippen LogP contribution is 2.28. The number of urea groups is 1. The second-order valence-electron chi connectivity index (χ2n) is 5.41. The van der Waals surface area contributed by atoms with Crippen molar-refractivity contribution < 1.29 is 22.9 Å². The number of hydrogen-bond acceptors (Lipinski definition) is 6. The number of amides is 2. The first-order valence-corrected chi connectivity index (χ1v) is 9.15. The molecule has 0 radical (unpaired) electrons. The minimum absolute atomic E-state index is 0.0654. The smallest absolute Gasteiger partial charge is 0.320 e. The number of benzene rings is 2. The lowest BCUT2D eigenvalue weighted by Crippen LogP contribution is -2.39. The van der Waals surface area contributed by atoms with Crippen molar-refractivity contribution in [1.29, 1.82) is 0 Å². The molecule has 2 aromatic carbocycles. The van der Waals surface area contributed by atoms with Crippen molar-refractivity contribution in [2.75, 3.05) is 19.1 Å². The number of non-ortho nitro benzene ring substituents is 1. The Morgan fingerprint density at radius 1 is 1.19 bits per heavy atom. The fourth-order valence-corrected chi connectivity index (χ4v) is 3.01.